The van der Waals surface area contributed by atoms with E-state index in [1.165, 1.54) is 12.0 Å². The minimum absolute atomic E-state index is 0.0759. The van der Waals surface area contributed by atoms with E-state index in [1.807, 2.05) is 0 Å². The molecule has 82 valence electrons. The average Bonchev–Trinajstić information content (AvgIpc) is 2.19. The summed E-state index contributed by atoms with van der Waals surface area (Å²) in [6.45, 7) is 8.82. The Morgan fingerprint density at radius 1 is 1.14 bits per heavy atom. The zero-order chi connectivity index (χ0) is 10.7. The van der Waals surface area contributed by atoms with Gasteiger partial charge in [0.2, 0.25) is 0 Å². The van der Waals surface area contributed by atoms with Gasteiger partial charge in [-0.2, -0.15) is 0 Å². The summed E-state index contributed by atoms with van der Waals surface area (Å²) in [7, 11) is 0. The third-order valence-electron chi connectivity index (χ3n) is 3.50. The lowest BCUT2D eigenvalue weighted by atomic mass is 9.86. The lowest BCUT2D eigenvalue weighted by molar-refractivity contribution is 0.108. The first-order valence-electron chi connectivity index (χ1n) is 5.83. The average molecular weight is 196 g/mol. The van der Waals surface area contributed by atoms with Crippen molar-refractivity contribution in [2.75, 3.05) is 0 Å². The standard InChI is InChI=1S/C13H24O/c1-9(2)7-12-8-11(4)13(14)6-5-10(12)3/h7,10-14H,5-6,8H2,1-4H3. The molecule has 1 heteroatoms. The molecule has 0 aromatic heterocycles. The molecule has 1 nitrogen and oxygen atoms in total. The molecule has 14 heavy (non-hydrogen) atoms. The molecule has 1 saturated carbocycles. The second kappa shape index (κ2) is 4.97. The summed E-state index contributed by atoms with van der Waals surface area (Å²) in [5, 5.41) is 9.81. The number of aliphatic hydroxyl groups excluding tert-OH is 1. The van der Waals surface area contributed by atoms with Gasteiger partial charge in [0.05, 0.1) is 6.10 Å². The fourth-order valence-corrected chi connectivity index (χ4v) is 2.41. The molecular formula is C13H24O. The second-order valence-corrected chi connectivity index (χ2v) is 5.24. The Hall–Kier alpha value is -0.300. The zero-order valence-electron chi connectivity index (χ0n) is 9.96. The summed E-state index contributed by atoms with van der Waals surface area (Å²) in [5.41, 5.74) is 1.41. The van der Waals surface area contributed by atoms with E-state index in [4.69, 9.17) is 0 Å². The first-order valence-corrected chi connectivity index (χ1v) is 5.83. The van der Waals surface area contributed by atoms with Crippen molar-refractivity contribution >= 4 is 0 Å². The van der Waals surface area contributed by atoms with Crippen LogP contribution < -0.4 is 0 Å². The van der Waals surface area contributed by atoms with E-state index in [0.717, 1.165) is 18.8 Å². The molecule has 0 spiro atoms. The molecule has 1 fully saturated rings. The predicted octanol–water partition coefficient (Wildman–Crippen LogP) is 3.39. The summed E-state index contributed by atoms with van der Waals surface area (Å²) < 4.78 is 0. The smallest absolute Gasteiger partial charge is 0.0566 e. The molecule has 4 atom stereocenters. The molecule has 0 bridgehead atoms. The monoisotopic (exact) mass is 196 g/mol. The van der Waals surface area contributed by atoms with Crippen LogP contribution in [-0.2, 0) is 0 Å². The third kappa shape index (κ3) is 3.13. The van der Waals surface area contributed by atoms with Crippen molar-refractivity contribution in [3.05, 3.63) is 11.6 Å². The van der Waals surface area contributed by atoms with Gasteiger partial charge < -0.3 is 5.11 Å². The van der Waals surface area contributed by atoms with Crippen LogP contribution in [0.25, 0.3) is 0 Å². The number of allylic oxidation sites excluding steroid dienone is 2. The van der Waals surface area contributed by atoms with Crippen LogP contribution in [0.3, 0.4) is 0 Å². The van der Waals surface area contributed by atoms with Gasteiger partial charge in [0.15, 0.2) is 0 Å². The predicted molar refractivity (Wildman–Crippen MR) is 61.1 cm³/mol. The summed E-state index contributed by atoms with van der Waals surface area (Å²) in [4.78, 5) is 0. The summed E-state index contributed by atoms with van der Waals surface area (Å²) in [6.07, 6.45) is 5.61. The highest BCUT2D eigenvalue weighted by Gasteiger charge is 2.26. The van der Waals surface area contributed by atoms with Gasteiger partial charge in [0, 0.05) is 0 Å². The fraction of sp³-hybridized carbons (Fsp3) is 0.846. The maximum absolute atomic E-state index is 9.81. The van der Waals surface area contributed by atoms with Crippen LogP contribution in [0, 0.1) is 17.8 Å². The Balaban J connectivity index is 2.69. The van der Waals surface area contributed by atoms with Gasteiger partial charge in [-0.15, -0.1) is 0 Å². The highest BCUT2D eigenvalue weighted by molar-refractivity contribution is 5.00. The number of aliphatic hydroxyl groups is 1. The molecule has 1 aliphatic carbocycles. The summed E-state index contributed by atoms with van der Waals surface area (Å²) in [6, 6.07) is 0. The van der Waals surface area contributed by atoms with Crippen molar-refractivity contribution in [2.45, 2.75) is 53.1 Å². The molecule has 0 aliphatic heterocycles. The number of rotatable bonds is 1. The van der Waals surface area contributed by atoms with E-state index >= 15 is 0 Å². The maximum atomic E-state index is 9.81. The molecule has 1 rings (SSSR count). The lowest BCUT2D eigenvalue weighted by Crippen LogP contribution is -2.16. The van der Waals surface area contributed by atoms with Crippen molar-refractivity contribution in [1.29, 1.82) is 0 Å². The Labute approximate surface area is 88.2 Å². The van der Waals surface area contributed by atoms with Crippen LogP contribution in [0.1, 0.15) is 47.0 Å². The Morgan fingerprint density at radius 2 is 1.79 bits per heavy atom. The third-order valence-corrected chi connectivity index (χ3v) is 3.50. The number of hydrogen-bond acceptors (Lipinski definition) is 1. The van der Waals surface area contributed by atoms with Crippen molar-refractivity contribution in [3.8, 4) is 0 Å². The normalized spacial score (nSPS) is 38.9. The first kappa shape index (κ1) is 11.8. The zero-order valence-corrected chi connectivity index (χ0v) is 9.96. The van der Waals surface area contributed by atoms with Gasteiger partial charge in [-0.05, 0) is 50.9 Å². The molecule has 4 unspecified atom stereocenters. The SMILES string of the molecule is CC(C)=CC1CC(C)C(O)CCC1C. The minimum atomic E-state index is -0.0759. The molecule has 0 aromatic rings. The maximum Gasteiger partial charge on any atom is 0.0566 e. The minimum Gasteiger partial charge on any atom is -0.393 e. The van der Waals surface area contributed by atoms with Crippen LogP contribution in [0.15, 0.2) is 11.6 Å². The number of hydrogen-bond donors (Lipinski definition) is 1. The van der Waals surface area contributed by atoms with E-state index < -0.39 is 0 Å². The van der Waals surface area contributed by atoms with E-state index in [2.05, 4.69) is 33.8 Å². The van der Waals surface area contributed by atoms with Gasteiger partial charge in [0.25, 0.3) is 0 Å². The summed E-state index contributed by atoms with van der Waals surface area (Å²) >= 11 is 0. The van der Waals surface area contributed by atoms with Gasteiger partial charge in [-0.25, -0.2) is 0 Å². The molecule has 0 saturated heterocycles. The highest BCUT2D eigenvalue weighted by Crippen LogP contribution is 2.33. The first-order chi connectivity index (χ1) is 6.50. The van der Waals surface area contributed by atoms with Crippen LogP contribution in [0.4, 0.5) is 0 Å². The van der Waals surface area contributed by atoms with Gasteiger partial charge in [0.1, 0.15) is 0 Å². The van der Waals surface area contributed by atoms with E-state index in [0.29, 0.717) is 11.8 Å². The van der Waals surface area contributed by atoms with Gasteiger partial charge in [-0.3, -0.25) is 0 Å². The van der Waals surface area contributed by atoms with E-state index in [-0.39, 0.29) is 6.10 Å². The Bertz CT molecular complexity index is 203. The largest absolute Gasteiger partial charge is 0.393 e. The van der Waals surface area contributed by atoms with Crippen LogP contribution in [-0.4, -0.2) is 11.2 Å². The molecule has 1 N–H and O–H groups in total. The van der Waals surface area contributed by atoms with Gasteiger partial charge in [-0.1, -0.05) is 25.5 Å². The van der Waals surface area contributed by atoms with Crippen molar-refractivity contribution in [3.63, 3.8) is 0 Å². The quantitative estimate of drug-likeness (QED) is 0.503. The van der Waals surface area contributed by atoms with Crippen LogP contribution in [0.5, 0.6) is 0 Å². The summed E-state index contributed by atoms with van der Waals surface area (Å²) in [5.74, 6) is 1.86. The van der Waals surface area contributed by atoms with E-state index in [9.17, 15) is 5.11 Å². The fourth-order valence-electron chi connectivity index (χ4n) is 2.41. The van der Waals surface area contributed by atoms with E-state index in [1.54, 1.807) is 0 Å². The Morgan fingerprint density at radius 3 is 2.36 bits per heavy atom. The molecule has 0 heterocycles. The topological polar surface area (TPSA) is 20.2 Å². The van der Waals surface area contributed by atoms with Crippen LogP contribution in [0.2, 0.25) is 0 Å². The highest BCUT2D eigenvalue weighted by atomic mass is 16.3. The van der Waals surface area contributed by atoms with Crippen molar-refractivity contribution in [1.82, 2.24) is 0 Å². The molecule has 0 radical (unpaired) electrons. The Kier molecular flexibility index (Phi) is 4.18. The second-order valence-electron chi connectivity index (χ2n) is 5.24. The molecule has 0 aromatic carbocycles. The molecule has 0 amide bonds. The van der Waals surface area contributed by atoms with Crippen molar-refractivity contribution < 1.29 is 5.11 Å². The van der Waals surface area contributed by atoms with Gasteiger partial charge >= 0.3 is 0 Å². The van der Waals surface area contributed by atoms with Crippen LogP contribution >= 0.6 is 0 Å². The molecular weight excluding hydrogens is 172 g/mol. The van der Waals surface area contributed by atoms with Crippen molar-refractivity contribution in [2.24, 2.45) is 17.8 Å². The molecule has 1 aliphatic rings. The lowest BCUT2D eigenvalue weighted by Gasteiger charge is -2.20.